The molecule has 1 aromatic carbocycles. The number of carbonyl (C=O) groups excluding carboxylic acids is 1. The monoisotopic (exact) mass is 443 g/mol. The SMILES string of the molecule is [2H]C([2H])(OP1(=O)OCc2cccc(C)c2O1)[C@]1(F)C[C@@H](O)[C@]([2H])(N2C=C(C)C(=O)NC2=C)O1. The summed E-state index contributed by atoms with van der Waals surface area (Å²) >= 11 is 0. The highest BCUT2D eigenvalue weighted by Gasteiger charge is 2.51. The number of para-hydroxylation sites is 1. The molecular formula is C19H22FN2O7P. The van der Waals surface area contributed by atoms with Gasteiger partial charge in [0.25, 0.3) is 5.91 Å². The van der Waals surface area contributed by atoms with Gasteiger partial charge in [-0.25, -0.2) is 8.96 Å². The van der Waals surface area contributed by atoms with E-state index in [-0.39, 0.29) is 23.8 Å². The number of rotatable bonds is 4. The molecule has 3 heterocycles. The van der Waals surface area contributed by atoms with E-state index in [9.17, 15) is 14.5 Å². The van der Waals surface area contributed by atoms with Gasteiger partial charge in [0, 0.05) is 23.8 Å². The quantitative estimate of drug-likeness (QED) is 0.684. The minimum atomic E-state index is -4.65. The molecule has 4 rings (SSSR count). The molecule has 0 aromatic heterocycles. The zero-order chi connectivity index (χ0) is 24.4. The molecule has 11 heteroatoms. The van der Waals surface area contributed by atoms with E-state index in [0.717, 1.165) is 11.1 Å². The average molecular weight is 443 g/mol. The van der Waals surface area contributed by atoms with Gasteiger partial charge in [0.15, 0.2) is 6.20 Å². The number of fused-ring (bicyclic) bond motifs is 1. The number of hydrogen-bond donors (Lipinski definition) is 2. The average Bonchev–Trinajstić information content (AvgIpc) is 2.95. The third-order valence-corrected chi connectivity index (χ3v) is 5.83. The fourth-order valence-electron chi connectivity index (χ4n) is 3.11. The molecule has 1 unspecified atom stereocenters. The molecule has 1 amide bonds. The highest BCUT2D eigenvalue weighted by molar-refractivity contribution is 7.49. The second-order valence-corrected chi connectivity index (χ2v) is 8.56. The topological polar surface area (TPSA) is 107 Å². The molecule has 0 bridgehead atoms. The number of phosphoric acid groups is 1. The van der Waals surface area contributed by atoms with Gasteiger partial charge in [-0.1, -0.05) is 24.8 Å². The van der Waals surface area contributed by atoms with Gasteiger partial charge in [-0.3, -0.25) is 13.8 Å². The normalized spacial score (nSPS) is 38.0. The summed E-state index contributed by atoms with van der Waals surface area (Å²) in [6, 6.07) is 5.05. The van der Waals surface area contributed by atoms with Crippen LogP contribution in [0.2, 0.25) is 0 Å². The number of hydrogen-bond acceptors (Lipinski definition) is 8. The zero-order valence-corrected chi connectivity index (χ0v) is 17.1. The van der Waals surface area contributed by atoms with Gasteiger partial charge in [-0.15, -0.1) is 0 Å². The van der Waals surface area contributed by atoms with Gasteiger partial charge < -0.3 is 24.6 Å². The van der Waals surface area contributed by atoms with E-state index < -0.39 is 44.9 Å². The number of amides is 1. The second-order valence-electron chi connectivity index (χ2n) is 7.04. The van der Waals surface area contributed by atoms with Gasteiger partial charge in [-0.05, 0) is 19.4 Å². The van der Waals surface area contributed by atoms with Crippen molar-refractivity contribution in [2.75, 3.05) is 6.56 Å². The van der Waals surface area contributed by atoms with Crippen molar-refractivity contribution in [1.82, 2.24) is 10.2 Å². The zero-order valence-electron chi connectivity index (χ0n) is 19.2. The van der Waals surface area contributed by atoms with Crippen LogP contribution in [-0.2, 0) is 29.8 Å². The first-order valence-electron chi connectivity index (χ1n) is 10.5. The number of phosphoric ester groups is 1. The Balaban J connectivity index is 1.60. The summed E-state index contributed by atoms with van der Waals surface area (Å²) in [5, 5.41) is 12.8. The van der Waals surface area contributed by atoms with Crippen LogP contribution in [0.4, 0.5) is 4.39 Å². The van der Waals surface area contributed by atoms with Gasteiger partial charge in [0.05, 0.1) is 10.7 Å². The van der Waals surface area contributed by atoms with Crippen LogP contribution in [0.25, 0.3) is 0 Å². The molecule has 9 nitrogen and oxygen atoms in total. The van der Waals surface area contributed by atoms with Crippen LogP contribution in [-0.4, -0.2) is 40.6 Å². The molecule has 1 aromatic rings. The molecule has 0 radical (unpaired) electrons. The fraction of sp³-hybridized carbons (Fsp3) is 0.421. The van der Waals surface area contributed by atoms with E-state index in [2.05, 4.69) is 11.9 Å². The Kier molecular flexibility index (Phi) is 4.35. The first-order valence-corrected chi connectivity index (χ1v) is 10.4. The lowest BCUT2D eigenvalue weighted by atomic mass is 10.1. The van der Waals surface area contributed by atoms with E-state index in [1.165, 1.54) is 6.92 Å². The highest BCUT2D eigenvalue weighted by Crippen LogP contribution is 2.56. The maximum absolute atomic E-state index is 15.8. The Morgan fingerprint density at radius 1 is 1.57 bits per heavy atom. The van der Waals surface area contributed by atoms with Crippen molar-refractivity contribution in [1.29, 1.82) is 0 Å². The molecule has 1 saturated heterocycles. The minimum absolute atomic E-state index is 0.114. The summed E-state index contributed by atoms with van der Waals surface area (Å²) in [5.41, 5.74) is 1.25. The molecular weight excluding hydrogens is 418 g/mol. The lowest BCUT2D eigenvalue weighted by molar-refractivity contribution is -0.184. The summed E-state index contributed by atoms with van der Waals surface area (Å²) < 4.78 is 73.9. The standard InChI is InChI=1S/C19H22FN2O7P/c1-11-5-4-6-14-9-26-30(25,29-16(11)14)27-10-19(20)7-15(23)18(28-19)22-8-12(2)17(24)21-13(22)3/h4-6,8,15,18,23H,3,7,9-10H2,1-2H3,(H,21,24)/t15-,18-,19+,30?/m1/s1/i10D2,18D. The number of nitrogens with zero attached hydrogens (tertiary/aromatic N) is 1. The number of nitrogens with one attached hydrogen (secondary N) is 1. The van der Waals surface area contributed by atoms with E-state index in [1.807, 2.05) is 0 Å². The number of aliphatic hydroxyl groups is 1. The number of benzene rings is 1. The number of halogens is 1. The van der Waals surface area contributed by atoms with Gasteiger partial charge in [0.2, 0.25) is 5.85 Å². The van der Waals surface area contributed by atoms with Crippen LogP contribution in [0.5, 0.6) is 5.75 Å². The third-order valence-electron chi connectivity index (χ3n) is 4.66. The molecule has 0 saturated carbocycles. The summed E-state index contributed by atoms with van der Waals surface area (Å²) in [6.45, 7) is 2.93. The van der Waals surface area contributed by atoms with Gasteiger partial charge in [0.1, 0.15) is 24.2 Å². The Bertz CT molecular complexity index is 1120. The predicted octanol–water partition coefficient (Wildman–Crippen LogP) is 2.61. The molecule has 0 aliphatic carbocycles. The Morgan fingerprint density at radius 2 is 2.33 bits per heavy atom. The summed E-state index contributed by atoms with van der Waals surface area (Å²) in [6.07, 6.45) is -4.49. The lowest BCUT2D eigenvalue weighted by Crippen LogP contribution is -2.46. The van der Waals surface area contributed by atoms with E-state index >= 15 is 4.39 Å². The first kappa shape index (κ1) is 17.5. The van der Waals surface area contributed by atoms with Crippen LogP contribution in [0.15, 0.2) is 42.4 Å². The van der Waals surface area contributed by atoms with Crippen LogP contribution in [0.3, 0.4) is 0 Å². The Hall–Kier alpha value is -2.23. The summed E-state index contributed by atoms with van der Waals surface area (Å²) in [4.78, 5) is 12.6. The molecule has 1 fully saturated rings. The molecule has 3 aliphatic rings. The van der Waals surface area contributed by atoms with Crippen molar-refractivity contribution < 1.29 is 41.3 Å². The number of carbonyl (C=O) groups is 1. The van der Waals surface area contributed by atoms with Crippen molar-refractivity contribution in [2.45, 2.75) is 45.0 Å². The van der Waals surface area contributed by atoms with Crippen molar-refractivity contribution in [3.8, 4) is 5.75 Å². The van der Waals surface area contributed by atoms with Crippen LogP contribution < -0.4 is 9.84 Å². The number of alkyl halides is 1. The van der Waals surface area contributed by atoms with E-state index in [4.69, 9.17) is 22.4 Å². The molecule has 162 valence electrons. The lowest BCUT2D eigenvalue weighted by Gasteiger charge is -2.34. The van der Waals surface area contributed by atoms with E-state index in [0.29, 0.717) is 11.1 Å². The summed E-state index contributed by atoms with van der Waals surface area (Å²) in [5.74, 6) is -3.99. The maximum atomic E-state index is 15.8. The number of ether oxygens (including phenoxy) is 1. The van der Waals surface area contributed by atoms with Crippen molar-refractivity contribution in [2.24, 2.45) is 0 Å². The molecule has 0 spiro atoms. The molecule has 30 heavy (non-hydrogen) atoms. The summed E-state index contributed by atoms with van der Waals surface area (Å²) in [7, 11) is -4.65. The van der Waals surface area contributed by atoms with Crippen molar-refractivity contribution in [3.63, 3.8) is 0 Å². The molecule has 4 atom stereocenters. The molecule has 3 aliphatic heterocycles. The van der Waals surface area contributed by atoms with Crippen molar-refractivity contribution >= 4 is 13.7 Å². The fourth-order valence-corrected chi connectivity index (χ4v) is 4.29. The Labute approximate surface area is 176 Å². The predicted molar refractivity (Wildman–Crippen MR) is 102 cm³/mol. The maximum Gasteiger partial charge on any atom is 0.530 e. The largest absolute Gasteiger partial charge is 0.530 e. The minimum Gasteiger partial charge on any atom is -0.403 e. The van der Waals surface area contributed by atoms with Gasteiger partial charge in [-0.2, -0.15) is 0 Å². The van der Waals surface area contributed by atoms with Crippen LogP contribution >= 0.6 is 7.82 Å². The first-order chi connectivity index (χ1) is 15.2. The number of aryl methyl sites for hydroxylation is 1. The Morgan fingerprint density at radius 3 is 3.10 bits per heavy atom. The molecule has 2 N–H and O–H groups in total. The number of aliphatic hydroxyl groups excluding tert-OH is 1. The van der Waals surface area contributed by atoms with E-state index in [1.54, 1.807) is 25.1 Å². The second kappa shape index (κ2) is 7.47. The van der Waals surface area contributed by atoms with Crippen LogP contribution in [0.1, 0.15) is 28.6 Å². The van der Waals surface area contributed by atoms with Crippen LogP contribution in [0, 0.1) is 6.92 Å². The third kappa shape index (κ3) is 3.89. The highest BCUT2D eigenvalue weighted by atomic mass is 31.2. The smallest absolute Gasteiger partial charge is 0.403 e. The van der Waals surface area contributed by atoms with Crippen molar-refractivity contribution in [3.05, 3.63) is 53.5 Å². The van der Waals surface area contributed by atoms with Gasteiger partial charge >= 0.3 is 7.82 Å².